The van der Waals surface area contributed by atoms with E-state index in [9.17, 15) is 9.59 Å². The van der Waals surface area contributed by atoms with E-state index in [1.807, 2.05) is 6.07 Å². The van der Waals surface area contributed by atoms with Gasteiger partial charge in [-0.25, -0.2) is 4.98 Å². The van der Waals surface area contributed by atoms with Crippen LogP contribution in [0.3, 0.4) is 0 Å². The molecule has 142 valence electrons. The molecular formula is C20H22N2O4S. The van der Waals surface area contributed by atoms with Crippen molar-refractivity contribution in [3.63, 3.8) is 0 Å². The molecule has 0 saturated carbocycles. The van der Waals surface area contributed by atoms with Gasteiger partial charge < -0.3 is 9.47 Å². The molecule has 6 nitrogen and oxygen atoms in total. The van der Waals surface area contributed by atoms with Gasteiger partial charge in [0, 0.05) is 24.1 Å². The number of ketones is 1. The van der Waals surface area contributed by atoms with E-state index in [0.717, 1.165) is 17.7 Å². The van der Waals surface area contributed by atoms with Crippen LogP contribution in [0.5, 0.6) is 11.5 Å². The van der Waals surface area contributed by atoms with E-state index in [1.54, 1.807) is 32.4 Å². The fraction of sp³-hybridized carbons (Fsp3) is 0.350. The van der Waals surface area contributed by atoms with Crippen molar-refractivity contribution in [1.29, 1.82) is 0 Å². The second-order valence-electron chi connectivity index (χ2n) is 7.17. The highest BCUT2D eigenvalue weighted by Gasteiger charge is 2.33. The first kappa shape index (κ1) is 19.1. The van der Waals surface area contributed by atoms with Crippen LogP contribution in [-0.2, 0) is 11.2 Å². The van der Waals surface area contributed by atoms with Crippen LogP contribution in [0.25, 0.3) is 6.08 Å². The molecule has 0 aliphatic heterocycles. The number of anilines is 1. The van der Waals surface area contributed by atoms with Crippen LogP contribution in [0.2, 0.25) is 0 Å². The number of Topliss-reactive ketones (excluding diaryl/α,β-unsaturated/α-hetero) is 1. The molecule has 0 unspecified atom stereocenters. The van der Waals surface area contributed by atoms with Crippen molar-refractivity contribution < 1.29 is 19.1 Å². The van der Waals surface area contributed by atoms with Crippen LogP contribution in [0.4, 0.5) is 5.13 Å². The summed E-state index contributed by atoms with van der Waals surface area (Å²) in [5.74, 6) is 1.06. The summed E-state index contributed by atoms with van der Waals surface area (Å²) >= 11 is 1.24. The average molecular weight is 386 g/mol. The van der Waals surface area contributed by atoms with Crippen molar-refractivity contribution in [3.05, 3.63) is 40.4 Å². The molecule has 0 atom stereocenters. The van der Waals surface area contributed by atoms with Gasteiger partial charge >= 0.3 is 0 Å². The molecule has 2 aromatic rings. The van der Waals surface area contributed by atoms with Crippen molar-refractivity contribution in [1.82, 2.24) is 4.98 Å². The number of carbonyl (C=O) groups excluding carboxylic acids is 2. The Bertz CT molecular complexity index is 915. The van der Waals surface area contributed by atoms with E-state index in [-0.39, 0.29) is 17.1 Å². The molecule has 1 aromatic heterocycles. The number of benzene rings is 1. The number of hydrogen-bond donors (Lipinski definition) is 1. The molecule has 1 heterocycles. The largest absolute Gasteiger partial charge is 0.497 e. The summed E-state index contributed by atoms with van der Waals surface area (Å²) in [6.07, 6.45) is 4.32. The zero-order valence-electron chi connectivity index (χ0n) is 15.8. The van der Waals surface area contributed by atoms with E-state index in [0.29, 0.717) is 27.9 Å². The number of methoxy groups -OCH3 is 2. The summed E-state index contributed by atoms with van der Waals surface area (Å²) < 4.78 is 10.5. The number of aromatic nitrogens is 1. The minimum Gasteiger partial charge on any atom is -0.497 e. The maximum atomic E-state index is 12.3. The van der Waals surface area contributed by atoms with Gasteiger partial charge in [0.15, 0.2) is 10.9 Å². The molecule has 0 saturated heterocycles. The zero-order valence-corrected chi connectivity index (χ0v) is 16.6. The molecule has 1 amide bonds. The van der Waals surface area contributed by atoms with Gasteiger partial charge in [0.1, 0.15) is 11.5 Å². The number of nitrogens with one attached hydrogen (secondary N) is 1. The number of nitrogens with zero attached hydrogens (tertiary/aromatic N) is 1. The zero-order chi connectivity index (χ0) is 19.6. The van der Waals surface area contributed by atoms with Gasteiger partial charge in [0.25, 0.3) is 0 Å². The Morgan fingerprint density at radius 3 is 2.74 bits per heavy atom. The Morgan fingerprint density at radius 2 is 2.04 bits per heavy atom. The number of thiazole rings is 1. The van der Waals surface area contributed by atoms with E-state index < -0.39 is 0 Å². The van der Waals surface area contributed by atoms with Crippen molar-refractivity contribution in [2.24, 2.45) is 5.41 Å². The molecule has 0 radical (unpaired) electrons. The van der Waals surface area contributed by atoms with E-state index in [1.165, 1.54) is 17.4 Å². The molecule has 0 bridgehead atoms. The van der Waals surface area contributed by atoms with Gasteiger partial charge in [0.2, 0.25) is 5.91 Å². The summed E-state index contributed by atoms with van der Waals surface area (Å²) in [5, 5.41) is 3.19. The predicted octanol–water partition coefficient (Wildman–Crippen LogP) is 3.97. The van der Waals surface area contributed by atoms with E-state index >= 15 is 0 Å². The molecule has 7 heteroatoms. The van der Waals surface area contributed by atoms with Gasteiger partial charge in [-0.15, -0.1) is 0 Å². The van der Waals surface area contributed by atoms with Crippen molar-refractivity contribution >= 4 is 34.2 Å². The SMILES string of the molecule is COc1ccc(/C=C\C(=O)Nc2nc3c(s2)C(=O)CC(C)(C)C3)c(OC)c1. The van der Waals surface area contributed by atoms with Crippen molar-refractivity contribution in [2.45, 2.75) is 26.7 Å². The third-order valence-electron chi connectivity index (χ3n) is 4.32. The number of ether oxygens (including phenoxy) is 2. The van der Waals surface area contributed by atoms with Gasteiger partial charge in [0.05, 0.1) is 24.8 Å². The highest BCUT2D eigenvalue weighted by Crippen LogP contribution is 2.38. The molecule has 3 rings (SSSR count). The lowest BCUT2D eigenvalue weighted by Crippen LogP contribution is -2.26. The van der Waals surface area contributed by atoms with Crippen LogP contribution >= 0.6 is 11.3 Å². The van der Waals surface area contributed by atoms with Crippen LogP contribution in [-0.4, -0.2) is 30.9 Å². The first-order chi connectivity index (χ1) is 12.8. The number of amides is 1. The monoisotopic (exact) mass is 386 g/mol. The van der Waals surface area contributed by atoms with Crippen molar-refractivity contribution in [2.75, 3.05) is 19.5 Å². The van der Waals surface area contributed by atoms with E-state index in [2.05, 4.69) is 24.1 Å². The summed E-state index contributed by atoms with van der Waals surface area (Å²) in [6.45, 7) is 4.10. The molecule has 1 aromatic carbocycles. The maximum Gasteiger partial charge on any atom is 0.250 e. The first-order valence-corrected chi connectivity index (χ1v) is 9.37. The standard InChI is InChI=1S/C20H22N2O4S/c1-20(2)10-14-18(15(23)11-20)27-19(21-14)22-17(24)8-6-12-5-7-13(25-3)9-16(12)26-4/h5-9H,10-11H2,1-4H3,(H,21,22,24)/b8-6-. The molecule has 0 fully saturated rings. The Hall–Kier alpha value is -2.67. The third kappa shape index (κ3) is 4.36. The van der Waals surface area contributed by atoms with Crippen molar-refractivity contribution in [3.8, 4) is 11.5 Å². The number of carbonyl (C=O) groups is 2. The number of hydrogen-bond acceptors (Lipinski definition) is 6. The molecule has 1 aliphatic rings. The summed E-state index contributed by atoms with van der Waals surface area (Å²) in [7, 11) is 3.14. The number of rotatable bonds is 5. The summed E-state index contributed by atoms with van der Waals surface area (Å²) in [5.41, 5.74) is 1.44. The lowest BCUT2D eigenvalue weighted by molar-refractivity contribution is -0.111. The highest BCUT2D eigenvalue weighted by atomic mass is 32.1. The fourth-order valence-electron chi connectivity index (χ4n) is 3.04. The van der Waals surface area contributed by atoms with Crippen LogP contribution in [0.1, 0.15) is 41.2 Å². The molecule has 1 aliphatic carbocycles. The number of fused-ring (bicyclic) bond motifs is 1. The summed E-state index contributed by atoms with van der Waals surface area (Å²) in [4.78, 5) is 29.6. The van der Waals surface area contributed by atoms with Gasteiger partial charge in [-0.05, 0) is 30.0 Å². The first-order valence-electron chi connectivity index (χ1n) is 8.55. The lowest BCUT2D eigenvalue weighted by atomic mass is 9.78. The molecule has 27 heavy (non-hydrogen) atoms. The second kappa shape index (κ2) is 7.52. The molecular weight excluding hydrogens is 364 g/mol. The smallest absolute Gasteiger partial charge is 0.250 e. The molecule has 0 spiro atoms. The van der Waals surface area contributed by atoms with E-state index in [4.69, 9.17) is 9.47 Å². The minimum absolute atomic E-state index is 0.0930. The van der Waals surface area contributed by atoms with Gasteiger partial charge in [-0.2, -0.15) is 0 Å². The highest BCUT2D eigenvalue weighted by molar-refractivity contribution is 7.17. The second-order valence-corrected chi connectivity index (χ2v) is 8.17. The Labute approximate surface area is 162 Å². The van der Waals surface area contributed by atoms with Crippen LogP contribution in [0.15, 0.2) is 24.3 Å². The average Bonchev–Trinajstić information content (AvgIpc) is 3.01. The quantitative estimate of drug-likeness (QED) is 0.787. The maximum absolute atomic E-state index is 12.3. The Kier molecular flexibility index (Phi) is 5.32. The minimum atomic E-state index is -0.314. The van der Waals surface area contributed by atoms with Gasteiger partial charge in [-0.3, -0.25) is 14.9 Å². The lowest BCUT2D eigenvalue weighted by Gasteiger charge is -2.26. The normalized spacial score (nSPS) is 15.5. The Balaban J connectivity index is 1.72. The van der Waals surface area contributed by atoms with Gasteiger partial charge in [-0.1, -0.05) is 25.2 Å². The van der Waals surface area contributed by atoms with Crippen LogP contribution < -0.4 is 14.8 Å². The third-order valence-corrected chi connectivity index (χ3v) is 5.37. The topological polar surface area (TPSA) is 77.5 Å². The predicted molar refractivity (Wildman–Crippen MR) is 106 cm³/mol. The van der Waals surface area contributed by atoms with Crippen LogP contribution in [0, 0.1) is 5.41 Å². The fourth-order valence-corrected chi connectivity index (χ4v) is 3.96. The molecule has 1 N–H and O–H groups in total. The Morgan fingerprint density at radius 1 is 1.26 bits per heavy atom. The summed E-state index contributed by atoms with van der Waals surface area (Å²) in [6, 6.07) is 5.35.